The van der Waals surface area contributed by atoms with Crippen molar-refractivity contribution in [3.63, 3.8) is 0 Å². The molecule has 132 valence electrons. The van der Waals surface area contributed by atoms with Gasteiger partial charge in [-0.25, -0.2) is 0 Å². The van der Waals surface area contributed by atoms with Crippen LogP contribution >= 0.6 is 11.6 Å². The summed E-state index contributed by atoms with van der Waals surface area (Å²) in [5, 5.41) is 4.51. The van der Waals surface area contributed by atoms with Gasteiger partial charge in [-0.05, 0) is 18.1 Å². The molecule has 7 nitrogen and oxygen atoms in total. The number of carbonyl (C=O) groups is 1. The topological polar surface area (TPSA) is 69.4 Å². The number of hydrogen-bond donors (Lipinski definition) is 0. The molecule has 2 aliphatic heterocycles. The highest BCUT2D eigenvalue weighted by molar-refractivity contribution is 6.31. The van der Waals surface area contributed by atoms with E-state index in [-0.39, 0.29) is 16.5 Å². The molecule has 0 spiro atoms. The molecule has 2 aliphatic rings. The number of rotatable bonds is 3. The van der Waals surface area contributed by atoms with Crippen molar-refractivity contribution in [1.29, 1.82) is 0 Å². The van der Waals surface area contributed by atoms with Gasteiger partial charge in [-0.15, -0.1) is 0 Å². The Morgan fingerprint density at radius 3 is 2.84 bits per heavy atom. The molecule has 0 aromatic carbocycles. The lowest BCUT2D eigenvalue weighted by atomic mass is 10.1. The van der Waals surface area contributed by atoms with Crippen LogP contribution in [0, 0.1) is 12.8 Å². The second-order valence-electron chi connectivity index (χ2n) is 6.74. The summed E-state index contributed by atoms with van der Waals surface area (Å²) in [5.74, 6) is 0.383. The molecule has 0 saturated carbocycles. The zero-order chi connectivity index (χ0) is 17.7. The van der Waals surface area contributed by atoms with Crippen molar-refractivity contribution in [2.24, 2.45) is 13.0 Å². The van der Waals surface area contributed by atoms with Crippen LogP contribution in [-0.2, 0) is 31.4 Å². The van der Waals surface area contributed by atoms with Crippen molar-refractivity contribution < 1.29 is 9.53 Å². The third-order valence-electron chi connectivity index (χ3n) is 5.04. The summed E-state index contributed by atoms with van der Waals surface area (Å²) in [4.78, 5) is 26.7. The number of amides is 1. The van der Waals surface area contributed by atoms with Crippen LogP contribution in [0.4, 0.5) is 0 Å². The Kier molecular flexibility index (Phi) is 3.92. The quantitative estimate of drug-likeness (QED) is 0.826. The van der Waals surface area contributed by atoms with E-state index in [0.29, 0.717) is 24.6 Å². The molecule has 0 radical (unpaired) electrons. The van der Waals surface area contributed by atoms with Crippen LogP contribution in [-0.4, -0.2) is 38.4 Å². The monoisotopic (exact) mass is 362 g/mol. The van der Waals surface area contributed by atoms with E-state index in [1.54, 1.807) is 29.0 Å². The third kappa shape index (κ3) is 2.67. The largest absolute Gasteiger partial charge is 0.381 e. The summed E-state index contributed by atoms with van der Waals surface area (Å²) in [5.41, 5.74) is 2.90. The zero-order valence-electron chi connectivity index (χ0n) is 14.2. The molecule has 0 N–H and O–H groups in total. The first-order chi connectivity index (χ1) is 12.0. The van der Waals surface area contributed by atoms with E-state index in [4.69, 9.17) is 16.3 Å². The van der Waals surface area contributed by atoms with Crippen molar-refractivity contribution in [2.75, 3.05) is 13.2 Å². The lowest BCUT2D eigenvalue weighted by molar-refractivity contribution is -0.0408. The average molecular weight is 363 g/mol. The Hall–Kier alpha value is -2.12. The number of aromatic nitrogens is 3. The van der Waals surface area contributed by atoms with Gasteiger partial charge in [0.2, 0.25) is 0 Å². The number of carbonyl (C=O) groups excluding carboxylic acids is 1. The number of fused-ring (bicyclic) bond motifs is 1. The molecule has 0 atom stereocenters. The van der Waals surface area contributed by atoms with Crippen molar-refractivity contribution in [2.45, 2.75) is 26.6 Å². The average Bonchev–Trinajstić information content (AvgIpc) is 3.21. The van der Waals surface area contributed by atoms with E-state index in [0.717, 1.165) is 36.6 Å². The van der Waals surface area contributed by atoms with E-state index < -0.39 is 0 Å². The van der Waals surface area contributed by atoms with E-state index >= 15 is 0 Å². The maximum Gasteiger partial charge on any atom is 0.269 e. The molecule has 0 aliphatic carbocycles. The molecule has 4 heterocycles. The maximum atomic E-state index is 12.8. The number of halogens is 1. The number of pyridine rings is 1. The molecule has 2 aromatic heterocycles. The van der Waals surface area contributed by atoms with Crippen LogP contribution < -0.4 is 5.56 Å². The fraction of sp³-hybridized carbons (Fsp3) is 0.471. The first-order valence-electron chi connectivity index (χ1n) is 8.22. The van der Waals surface area contributed by atoms with Gasteiger partial charge in [-0.1, -0.05) is 11.6 Å². The minimum atomic E-state index is -0.220. The molecule has 1 saturated heterocycles. The van der Waals surface area contributed by atoms with E-state index in [1.807, 2.05) is 6.92 Å². The summed E-state index contributed by atoms with van der Waals surface area (Å²) in [6, 6.07) is 0. The smallest absolute Gasteiger partial charge is 0.269 e. The fourth-order valence-electron chi connectivity index (χ4n) is 3.37. The Morgan fingerprint density at radius 2 is 2.16 bits per heavy atom. The van der Waals surface area contributed by atoms with E-state index in [9.17, 15) is 9.59 Å². The molecule has 8 heteroatoms. The molecule has 0 unspecified atom stereocenters. The minimum absolute atomic E-state index is 0.0877. The van der Waals surface area contributed by atoms with Crippen LogP contribution in [0.2, 0.25) is 5.02 Å². The van der Waals surface area contributed by atoms with Crippen molar-refractivity contribution in [3.8, 4) is 0 Å². The SMILES string of the molecule is Cc1c2c(n(C)c(=O)c1Cl)CN(C(=O)c1cnn(CC3COC3)c1)C2. The van der Waals surface area contributed by atoms with Crippen LogP contribution in [0.15, 0.2) is 17.2 Å². The molecule has 4 rings (SSSR count). The summed E-state index contributed by atoms with van der Waals surface area (Å²) in [6.45, 7) is 4.94. The van der Waals surface area contributed by atoms with Gasteiger partial charge < -0.3 is 14.2 Å². The first kappa shape index (κ1) is 16.4. The van der Waals surface area contributed by atoms with Gasteiger partial charge >= 0.3 is 0 Å². The maximum absolute atomic E-state index is 12.8. The van der Waals surface area contributed by atoms with Crippen molar-refractivity contribution >= 4 is 17.5 Å². The van der Waals surface area contributed by atoms with E-state index in [1.165, 1.54) is 4.57 Å². The molecule has 1 amide bonds. The van der Waals surface area contributed by atoms with Crippen LogP contribution in [0.5, 0.6) is 0 Å². The van der Waals surface area contributed by atoms with Crippen LogP contribution in [0.25, 0.3) is 0 Å². The van der Waals surface area contributed by atoms with Gasteiger partial charge in [-0.3, -0.25) is 14.3 Å². The van der Waals surface area contributed by atoms with Gasteiger partial charge in [0, 0.05) is 37.9 Å². The highest BCUT2D eigenvalue weighted by Crippen LogP contribution is 2.28. The van der Waals surface area contributed by atoms with Crippen LogP contribution in [0.1, 0.15) is 27.2 Å². The summed E-state index contributed by atoms with van der Waals surface area (Å²) in [7, 11) is 1.69. The lowest BCUT2D eigenvalue weighted by Gasteiger charge is -2.25. The third-order valence-corrected chi connectivity index (χ3v) is 5.48. The number of ether oxygens (including phenoxy) is 1. The van der Waals surface area contributed by atoms with Gasteiger partial charge in [0.05, 0.1) is 31.5 Å². The molecular formula is C17H19ClN4O3. The molecule has 1 fully saturated rings. The Bertz CT molecular complexity index is 913. The normalized spacial score (nSPS) is 16.8. The Balaban J connectivity index is 1.55. The molecule has 25 heavy (non-hydrogen) atoms. The van der Waals surface area contributed by atoms with Gasteiger partial charge in [0.15, 0.2) is 0 Å². The van der Waals surface area contributed by atoms with Gasteiger partial charge in [0.25, 0.3) is 11.5 Å². The molecular weight excluding hydrogens is 344 g/mol. The standard InChI is InChI=1S/C17H19ClN4O3/c1-10-13-6-21(7-14(13)20(2)17(24)15(10)18)16(23)12-3-19-22(5-12)4-11-8-25-9-11/h3,5,11H,4,6-9H2,1-2H3. The van der Waals surface area contributed by atoms with E-state index in [2.05, 4.69) is 5.10 Å². The summed E-state index contributed by atoms with van der Waals surface area (Å²) < 4.78 is 8.50. The predicted octanol–water partition coefficient (Wildman–Crippen LogP) is 1.35. The highest BCUT2D eigenvalue weighted by atomic mass is 35.5. The number of hydrogen-bond acceptors (Lipinski definition) is 4. The van der Waals surface area contributed by atoms with Gasteiger partial charge in [-0.2, -0.15) is 5.10 Å². The number of nitrogens with zero attached hydrogens (tertiary/aromatic N) is 4. The fourth-order valence-corrected chi connectivity index (χ4v) is 3.62. The second-order valence-corrected chi connectivity index (χ2v) is 7.12. The highest BCUT2D eigenvalue weighted by Gasteiger charge is 2.30. The summed E-state index contributed by atoms with van der Waals surface area (Å²) in [6.07, 6.45) is 3.38. The first-order valence-corrected chi connectivity index (χ1v) is 8.59. The summed E-state index contributed by atoms with van der Waals surface area (Å²) >= 11 is 6.12. The second kappa shape index (κ2) is 6.00. The minimum Gasteiger partial charge on any atom is -0.381 e. The molecule has 2 aromatic rings. The Morgan fingerprint density at radius 1 is 1.40 bits per heavy atom. The van der Waals surface area contributed by atoms with Crippen molar-refractivity contribution in [3.05, 3.63) is 50.2 Å². The van der Waals surface area contributed by atoms with Crippen LogP contribution in [0.3, 0.4) is 0 Å². The molecule has 0 bridgehead atoms. The van der Waals surface area contributed by atoms with Crippen molar-refractivity contribution in [1.82, 2.24) is 19.2 Å². The zero-order valence-corrected chi connectivity index (χ0v) is 14.9. The van der Waals surface area contributed by atoms with Gasteiger partial charge in [0.1, 0.15) is 5.02 Å². The predicted molar refractivity (Wildman–Crippen MR) is 91.5 cm³/mol. The Labute approximate surface area is 149 Å². The lowest BCUT2D eigenvalue weighted by Crippen LogP contribution is -2.31.